The highest BCUT2D eigenvalue weighted by Gasteiger charge is 2.09. The molecule has 28 heavy (non-hydrogen) atoms. The Morgan fingerprint density at radius 3 is 2.68 bits per heavy atom. The van der Waals surface area contributed by atoms with Crippen molar-refractivity contribution in [2.45, 2.75) is 19.6 Å². The van der Waals surface area contributed by atoms with E-state index in [0.717, 1.165) is 5.56 Å². The third-order valence-corrected chi connectivity index (χ3v) is 4.22. The number of hydrogen-bond donors (Lipinski definition) is 1. The number of ether oxygens (including phenoxy) is 1. The summed E-state index contributed by atoms with van der Waals surface area (Å²) in [7, 11) is 0. The summed E-state index contributed by atoms with van der Waals surface area (Å²) in [4.78, 5) is 28.7. The van der Waals surface area contributed by atoms with Gasteiger partial charge >= 0.3 is 6.61 Å². The molecule has 0 fully saturated rings. The van der Waals surface area contributed by atoms with Gasteiger partial charge in [0.05, 0.1) is 17.2 Å². The van der Waals surface area contributed by atoms with Crippen molar-refractivity contribution in [2.75, 3.05) is 6.54 Å². The molecule has 0 atom stereocenters. The van der Waals surface area contributed by atoms with Gasteiger partial charge in [-0.1, -0.05) is 23.7 Å². The van der Waals surface area contributed by atoms with Crippen LogP contribution in [0.4, 0.5) is 8.78 Å². The van der Waals surface area contributed by atoms with Crippen molar-refractivity contribution in [3.05, 3.63) is 69.7 Å². The van der Waals surface area contributed by atoms with Crippen LogP contribution in [0.15, 0.2) is 53.6 Å². The number of carbonyl (C=O) groups is 1. The first-order valence-corrected chi connectivity index (χ1v) is 8.75. The predicted octanol–water partition coefficient (Wildman–Crippen LogP) is 3.01. The second-order valence-electron chi connectivity index (χ2n) is 5.96. The molecule has 146 valence electrons. The molecule has 1 N–H and O–H groups in total. The van der Waals surface area contributed by atoms with Crippen LogP contribution in [0.3, 0.4) is 0 Å². The molecule has 9 heteroatoms. The van der Waals surface area contributed by atoms with Gasteiger partial charge in [0.2, 0.25) is 5.91 Å². The normalized spacial score (nSPS) is 11.0. The van der Waals surface area contributed by atoms with Gasteiger partial charge in [-0.25, -0.2) is 4.98 Å². The molecule has 0 saturated heterocycles. The minimum Gasteiger partial charge on any atom is -0.435 e. The maximum absolute atomic E-state index is 12.4. The molecule has 3 rings (SSSR count). The van der Waals surface area contributed by atoms with Crippen LogP contribution < -0.4 is 15.6 Å². The summed E-state index contributed by atoms with van der Waals surface area (Å²) in [6, 6.07) is 10.9. The van der Waals surface area contributed by atoms with E-state index in [9.17, 15) is 18.4 Å². The molecule has 0 saturated carbocycles. The van der Waals surface area contributed by atoms with E-state index in [1.54, 1.807) is 30.3 Å². The van der Waals surface area contributed by atoms with Crippen LogP contribution in [0.25, 0.3) is 10.9 Å². The summed E-state index contributed by atoms with van der Waals surface area (Å²) in [6.45, 7) is -2.69. The van der Waals surface area contributed by atoms with Gasteiger partial charge in [-0.15, -0.1) is 0 Å². The topological polar surface area (TPSA) is 73.2 Å². The Hall–Kier alpha value is -3.00. The maximum Gasteiger partial charge on any atom is 0.387 e. The number of rotatable bonds is 7. The average molecular weight is 408 g/mol. The summed E-state index contributed by atoms with van der Waals surface area (Å²) >= 11 is 5.88. The van der Waals surface area contributed by atoms with E-state index < -0.39 is 6.61 Å². The van der Waals surface area contributed by atoms with Crippen molar-refractivity contribution in [1.82, 2.24) is 14.9 Å². The Balaban J connectivity index is 1.54. The van der Waals surface area contributed by atoms with Crippen molar-refractivity contribution < 1.29 is 18.3 Å². The van der Waals surface area contributed by atoms with Gasteiger partial charge in [0.15, 0.2) is 0 Å². The molecular formula is C19H16ClF2N3O3. The van der Waals surface area contributed by atoms with Crippen LogP contribution in [0.5, 0.6) is 5.75 Å². The molecular weight excluding hydrogens is 392 g/mol. The zero-order chi connectivity index (χ0) is 20.1. The number of alkyl halides is 2. The van der Waals surface area contributed by atoms with Crippen molar-refractivity contribution in [3.8, 4) is 5.75 Å². The van der Waals surface area contributed by atoms with Crippen LogP contribution in [-0.4, -0.2) is 28.6 Å². The smallest absolute Gasteiger partial charge is 0.387 e. The molecule has 0 unspecified atom stereocenters. The SMILES string of the molecule is O=C(Cn1cnc2cc(Cl)ccc2c1=O)NCCc1ccc(OC(F)F)cc1. The van der Waals surface area contributed by atoms with E-state index in [2.05, 4.69) is 15.0 Å². The first-order valence-electron chi connectivity index (χ1n) is 8.37. The summed E-state index contributed by atoms with van der Waals surface area (Å²) < 4.78 is 29.7. The average Bonchev–Trinajstić information content (AvgIpc) is 2.65. The standard InChI is InChI=1S/C19H16ClF2N3O3/c20-13-3-6-15-16(9-13)24-11-25(18(15)27)10-17(26)23-8-7-12-1-4-14(5-2-12)28-19(21)22/h1-6,9,11,19H,7-8,10H2,(H,23,26). The van der Waals surface area contributed by atoms with Gasteiger partial charge in [0.25, 0.3) is 5.56 Å². The Bertz CT molecular complexity index is 1040. The molecule has 0 radical (unpaired) electrons. The maximum atomic E-state index is 12.4. The number of benzene rings is 2. The highest BCUT2D eigenvalue weighted by molar-refractivity contribution is 6.31. The van der Waals surface area contributed by atoms with E-state index in [0.29, 0.717) is 28.9 Å². The second kappa shape index (κ2) is 8.79. The lowest BCUT2D eigenvalue weighted by atomic mass is 10.1. The lowest BCUT2D eigenvalue weighted by Crippen LogP contribution is -2.33. The minimum absolute atomic E-state index is 0.0762. The fraction of sp³-hybridized carbons (Fsp3) is 0.211. The Morgan fingerprint density at radius 1 is 1.21 bits per heavy atom. The largest absolute Gasteiger partial charge is 0.435 e. The van der Waals surface area contributed by atoms with Crippen LogP contribution >= 0.6 is 11.6 Å². The van der Waals surface area contributed by atoms with Crippen LogP contribution in [0.1, 0.15) is 5.56 Å². The van der Waals surface area contributed by atoms with Crippen LogP contribution in [-0.2, 0) is 17.8 Å². The zero-order valence-corrected chi connectivity index (χ0v) is 15.3. The molecule has 1 aromatic heterocycles. The van der Waals surface area contributed by atoms with Crippen LogP contribution in [0, 0.1) is 0 Å². The first kappa shape index (κ1) is 19.8. The van der Waals surface area contributed by atoms with Gasteiger partial charge in [-0.3, -0.25) is 14.2 Å². The van der Waals surface area contributed by atoms with Gasteiger partial charge < -0.3 is 10.1 Å². The van der Waals surface area contributed by atoms with Gasteiger partial charge in [0.1, 0.15) is 12.3 Å². The molecule has 2 aromatic carbocycles. The molecule has 0 aliphatic carbocycles. The summed E-state index contributed by atoms with van der Waals surface area (Å²) in [5.41, 5.74) is 0.989. The summed E-state index contributed by atoms with van der Waals surface area (Å²) in [5.74, 6) is -0.262. The van der Waals surface area contributed by atoms with Gasteiger partial charge in [-0.2, -0.15) is 8.78 Å². The Labute approximate surface area is 163 Å². The molecule has 1 heterocycles. The van der Waals surface area contributed by atoms with E-state index in [4.69, 9.17) is 11.6 Å². The lowest BCUT2D eigenvalue weighted by molar-refractivity contribution is -0.121. The molecule has 0 spiro atoms. The van der Waals surface area contributed by atoms with Gasteiger partial charge in [-0.05, 0) is 42.3 Å². The molecule has 1 amide bonds. The lowest BCUT2D eigenvalue weighted by Gasteiger charge is -2.09. The minimum atomic E-state index is -2.87. The Morgan fingerprint density at radius 2 is 1.96 bits per heavy atom. The fourth-order valence-electron chi connectivity index (χ4n) is 2.64. The number of halogens is 3. The van der Waals surface area contributed by atoms with Crippen molar-refractivity contribution in [2.24, 2.45) is 0 Å². The number of carbonyl (C=O) groups excluding carboxylic acids is 1. The first-order chi connectivity index (χ1) is 13.4. The molecule has 6 nitrogen and oxygen atoms in total. The van der Waals surface area contributed by atoms with E-state index in [-0.39, 0.29) is 23.8 Å². The third-order valence-electron chi connectivity index (χ3n) is 3.99. The van der Waals surface area contributed by atoms with Gasteiger partial charge in [0, 0.05) is 11.6 Å². The fourth-order valence-corrected chi connectivity index (χ4v) is 2.80. The number of hydrogen-bond acceptors (Lipinski definition) is 4. The number of aromatic nitrogens is 2. The van der Waals surface area contributed by atoms with Crippen molar-refractivity contribution in [3.63, 3.8) is 0 Å². The molecule has 0 bridgehead atoms. The van der Waals surface area contributed by atoms with E-state index in [1.807, 2.05) is 0 Å². The molecule has 3 aromatic rings. The predicted molar refractivity (Wildman–Crippen MR) is 101 cm³/mol. The van der Waals surface area contributed by atoms with E-state index >= 15 is 0 Å². The molecule has 0 aliphatic heterocycles. The van der Waals surface area contributed by atoms with E-state index in [1.165, 1.54) is 23.0 Å². The number of nitrogens with one attached hydrogen (secondary N) is 1. The monoisotopic (exact) mass is 407 g/mol. The number of fused-ring (bicyclic) bond motifs is 1. The third kappa shape index (κ3) is 5.04. The number of amides is 1. The highest BCUT2D eigenvalue weighted by atomic mass is 35.5. The zero-order valence-electron chi connectivity index (χ0n) is 14.6. The van der Waals surface area contributed by atoms with Crippen molar-refractivity contribution >= 4 is 28.4 Å². The summed E-state index contributed by atoms with van der Waals surface area (Å²) in [6.07, 6.45) is 1.81. The van der Waals surface area contributed by atoms with Crippen molar-refractivity contribution in [1.29, 1.82) is 0 Å². The Kier molecular flexibility index (Phi) is 6.20. The molecule has 0 aliphatic rings. The summed E-state index contributed by atoms with van der Waals surface area (Å²) in [5, 5.41) is 3.57. The quantitative estimate of drug-likeness (QED) is 0.653. The van der Waals surface area contributed by atoms with Crippen LogP contribution in [0.2, 0.25) is 5.02 Å². The highest BCUT2D eigenvalue weighted by Crippen LogP contribution is 2.15. The second-order valence-corrected chi connectivity index (χ2v) is 6.40. The number of nitrogens with zero attached hydrogens (tertiary/aromatic N) is 2.